The van der Waals surface area contributed by atoms with Crippen molar-refractivity contribution in [3.05, 3.63) is 28.2 Å². The van der Waals surface area contributed by atoms with E-state index in [0.717, 1.165) is 25.9 Å². The minimum atomic E-state index is 0.254. The monoisotopic (exact) mass is 353 g/mol. The first-order valence-corrected chi connectivity index (χ1v) is 8.94. The van der Waals surface area contributed by atoms with Gasteiger partial charge in [-0.05, 0) is 43.5 Å². The molecule has 21 heavy (non-hydrogen) atoms. The van der Waals surface area contributed by atoms with E-state index in [-0.39, 0.29) is 6.04 Å². The molecule has 4 heteroatoms. The van der Waals surface area contributed by atoms with Crippen LogP contribution in [0.5, 0.6) is 0 Å². The fourth-order valence-electron chi connectivity index (χ4n) is 2.87. The van der Waals surface area contributed by atoms with E-state index in [9.17, 15) is 0 Å². The van der Waals surface area contributed by atoms with Crippen LogP contribution in [0, 0.1) is 0 Å². The molecule has 1 fully saturated rings. The number of rotatable bonds is 6. The summed E-state index contributed by atoms with van der Waals surface area (Å²) in [7, 11) is 0. The van der Waals surface area contributed by atoms with Crippen LogP contribution in [0.25, 0.3) is 0 Å². The van der Waals surface area contributed by atoms with Gasteiger partial charge >= 0.3 is 0 Å². The number of hydrogen-bond donors (Lipinski definition) is 1. The van der Waals surface area contributed by atoms with Crippen molar-refractivity contribution in [3.63, 3.8) is 0 Å². The van der Waals surface area contributed by atoms with Gasteiger partial charge in [0.05, 0.1) is 0 Å². The number of nitrogens with zero attached hydrogens (tertiary/aromatic N) is 2. The summed E-state index contributed by atoms with van der Waals surface area (Å²) >= 11 is 3.72. The Hall–Kier alpha value is -0.580. The lowest BCUT2D eigenvalue weighted by Crippen LogP contribution is -2.46. The Morgan fingerprint density at radius 1 is 1.19 bits per heavy atom. The first-order valence-electron chi connectivity index (χ1n) is 8.15. The number of nitrogens with two attached hydrogens (primary N) is 1. The summed E-state index contributed by atoms with van der Waals surface area (Å²) < 4.78 is 1.19. The van der Waals surface area contributed by atoms with Crippen molar-refractivity contribution in [1.82, 2.24) is 4.90 Å². The number of anilines is 1. The van der Waals surface area contributed by atoms with Crippen molar-refractivity contribution in [2.24, 2.45) is 5.73 Å². The zero-order chi connectivity index (χ0) is 15.2. The van der Waals surface area contributed by atoms with Gasteiger partial charge in [-0.25, -0.2) is 0 Å². The first-order chi connectivity index (χ1) is 10.1. The lowest BCUT2D eigenvalue weighted by molar-refractivity contribution is 0.258. The zero-order valence-corrected chi connectivity index (χ0v) is 14.9. The number of hydrogen-bond acceptors (Lipinski definition) is 3. The van der Waals surface area contributed by atoms with Crippen molar-refractivity contribution in [2.75, 3.05) is 37.6 Å². The molecule has 0 radical (unpaired) electrons. The Labute approximate surface area is 137 Å². The fraction of sp³-hybridized carbons (Fsp3) is 0.647. The molecule has 0 amide bonds. The summed E-state index contributed by atoms with van der Waals surface area (Å²) in [6, 6.07) is 6.99. The Kier molecular flexibility index (Phi) is 6.52. The molecule has 1 saturated heterocycles. The number of benzene rings is 1. The van der Waals surface area contributed by atoms with Gasteiger partial charge in [-0.2, -0.15) is 0 Å². The predicted octanol–water partition coefficient (Wildman–Crippen LogP) is 3.26. The smallest absolute Gasteiger partial charge is 0.0378 e. The second-order valence-electron chi connectivity index (χ2n) is 5.98. The molecule has 0 saturated carbocycles. The molecule has 1 heterocycles. The van der Waals surface area contributed by atoms with Crippen LogP contribution in [0.4, 0.5) is 5.69 Å². The molecule has 1 aliphatic heterocycles. The molecule has 0 spiro atoms. The third-order valence-corrected chi connectivity index (χ3v) is 5.06. The minimum Gasteiger partial charge on any atom is -0.369 e. The van der Waals surface area contributed by atoms with Crippen molar-refractivity contribution < 1.29 is 0 Å². The molecular weight excluding hydrogens is 326 g/mol. The molecule has 3 nitrogen and oxygen atoms in total. The van der Waals surface area contributed by atoms with Crippen LogP contribution in [0.15, 0.2) is 22.7 Å². The first kappa shape index (κ1) is 16.8. The van der Waals surface area contributed by atoms with Crippen LogP contribution in [-0.4, -0.2) is 43.7 Å². The summed E-state index contributed by atoms with van der Waals surface area (Å²) in [5.41, 5.74) is 8.70. The molecular formula is C17H28BrN3. The maximum atomic E-state index is 6.06. The van der Waals surface area contributed by atoms with Gasteiger partial charge in [-0.1, -0.05) is 35.8 Å². The number of piperazine rings is 1. The molecule has 1 aromatic carbocycles. The summed E-state index contributed by atoms with van der Waals surface area (Å²) in [6.07, 6.45) is 3.22. The number of halogens is 1. The van der Waals surface area contributed by atoms with Gasteiger partial charge in [-0.3, -0.25) is 4.90 Å². The van der Waals surface area contributed by atoms with Crippen LogP contribution in [0.1, 0.15) is 32.3 Å². The van der Waals surface area contributed by atoms with Crippen molar-refractivity contribution >= 4 is 21.6 Å². The van der Waals surface area contributed by atoms with E-state index in [1.54, 1.807) is 0 Å². The van der Waals surface area contributed by atoms with E-state index in [2.05, 4.69) is 57.8 Å². The van der Waals surface area contributed by atoms with Gasteiger partial charge < -0.3 is 10.6 Å². The van der Waals surface area contributed by atoms with Gasteiger partial charge in [0.1, 0.15) is 0 Å². The molecule has 1 aromatic rings. The van der Waals surface area contributed by atoms with E-state index >= 15 is 0 Å². The topological polar surface area (TPSA) is 32.5 Å². The molecule has 0 aromatic heterocycles. The summed E-state index contributed by atoms with van der Waals surface area (Å²) in [4.78, 5) is 5.04. The third kappa shape index (κ3) is 4.70. The maximum absolute atomic E-state index is 6.06. The summed E-state index contributed by atoms with van der Waals surface area (Å²) in [6.45, 7) is 10.2. The van der Waals surface area contributed by atoms with E-state index in [4.69, 9.17) is 5.73 Å². The van der Waals surface area contributed by atoms with Gasteiger partial charge in [0, 0.05) is 42.4 Å². The van der Waals surface area contributed by atoms with E-state index < -0.39 is 0 Å². The summed E-state index contributed by atoms with van der Waals surface area (Å²) in [5.74, 6) is 0. The Morgan fingerprint density at radius 3 is 2.48 bits per heavy atom. The average Bonchev–Trinajstić information content (AvgIpc) is 2.50. The third-order valence-electron chi connectivity index (χ3n) is 4.32. The highest BCUT2D eigenvalue weighted by molar-refractivity contribution is 9.10. The second-order valence-corrected chi connectivity index (χ2v) is 6.83. The predicted molar refractivity (Wildman–Crippen MR) is 95.1 cm³/mol. The average molecular weight is 354 g/mol. The second kappa shape index (κ2) is 8.16. The van der Waals surface area contributed by atoms with Crippen LogP contribution in [0.2, 0.25) is 0 Å². The van der Waals surface area contributed by atoms with Gasteiger partial charge in [0.2, 0.25) is 0 Å². The van der Waals surface area contributed by atoms with Gasteiger partial charge in [-0.15, -0.1) is 0 Å². The SMILES string of the molecule is CCCN1CCN(c2ccc(CC(N)CC)c(Br)c2)CC1. The molecule has 2 N–H and O–H groups in total. The lowest BCUT2D eigenvalue weighted by atomic mass is 10.0. The molecule has 2 rings (SSSR count). The van der Waals surface area contributed by atoms with Crippen LogP contribution in [0.3, 0.4) is 0 Å². The van der Waals surface area contributed by atoms with Gasteiger partial charge in [0.25, 0.3) is 0 Å². The molecule has 118 valence electrons. The van der Waals surface area contributed by atoms with Crippen molar-refractivity contribution in [3.8, 4) is 0 Å². The van der Waals surface area contributed by atoms with Crippen LogP contribution >= 0.6 is 15.9 Å². The Bertz CT molecular complexity index is 442. The highest BCUT2D eigenvalue weighted by Crippen LogP contribution is 2.26. The van der Waals surface area contributed by atoms with Crippen LogP contribution in [-0.2, 0) is 6.42 Å². The normalized spacial score (nSPS) is 18.0. The lowest BCUT2D eigenvalue weighted by Gasteiger charge is -2.36. The molecule has 0 bridgehead atoms. The van der Waals surface area contributed by atoms with Crippen LogP contribution < -0.4 is 10.6 Å². The standard InChI is InChI=1S/C17H28BrN3/c1-3-7-20-8-10-21(11-9-20)16-6-5-14(17(18)13-16)12-15(19)4-2/h5-6,13,15H,3-4,7-12,19H2,1-2H3. The van der Waals surface area contributed by atoms with E-state index in [0.29, 0.717) is 0 Å². The molecule has 0 aliphatic carbocycles. The fourth-order valence-corrected chi connectivity index (χ4v) is 3.40. The van der Waals surface area contributed by atoms with E-state index in [1.807, 2.05) is 0 Å². The Morgan fingerprint density at radius 2 is 1.90 bits per heavy atom. The van der Waals surface area contributed by atoms with Crippen molar-refractivity contribution in [2.45, 2.75) is 39.2 Å². The van der Waals surface area contributed by atoms with Crippen molar-refractivity contribution in [1.29, 1.82) is 0 Å². The summed E-state index contributed by atoms with van der Waals surface area (Å²) in [5, 5.41) is 0. The zero-order valence-electron chi connectivity index (χ0n) is 13.3. The van der Waals surface area contributed by atoms with Gasteiger partial charge in [0.15, 0.2) is 0 Å². The molecule has 1 unspecified atom stereocenters. The minimum absolute atomic E-state index is 0.254. The maximum Gasteiger partial charge on any atom is 0.0378 e. The quantitative estimate of drug-likeness (QED) is 0.851. The van der Waals surface area contributed by atoms with E-state index in [1.165, 1.54) is 41.8 Å². The highest BCUT2D eigenvalue weighted by Gasteiger charge is 2.17. The molecule has 1 atom stereocenters. The molecule has 1 aliphatic rings. The highest BCUT2D eigenvalue weighted by atomic mass is 79.9. The largest absolute Gasteiger partial charge is 0.369 e. The Balaban J connectivity index is 1.97.